The molecule has 4 bridgehead atoms. The van der Waals surface area contributed by atoms with E-state index in [0.717, 1.165) is 59.6 Å². The first-order chi connectivity index (χ1) is 14.0. The van der Waals surface area contributed by atoms with E-state index in [9.17, 15) is 9.59 Å². The molecule has 0 heterocycles. The van der Waals surface area contributed by atoms with E-state index in [1.807, 2.05) is 0 Å². The molecule has 3 heteroatoms. The van der Waals surface area contributed by atoms with Gasteiger partial charge in [-0.1, -0.05) is 23.7 Å². The monoisotopic (exact) mass is 410 g/mol. The van der Waals surface area contributed by atoms with Crippen LogP contribution in [0.5, 0.6) is 0 Å². The van der Waals surface area contributed by atoms with E-state index in [1.165, 1.54) is 44.1 Å². The standard InChI is InChI=1S/C26H31ClO2/c27-25-21(19-3-1-5-23(19)28)10-18(11-22(25)20-4-2-6-24(20)29)26-12-15-7-16(13-26)9-17(8-15)14-26/h10-11,15-17,19-20H,1-9,12-14H2. The smallest absolute Gasteiger partial charge is 0.140 e. The summed E-state index contributed by atoms with van der Waals surface area (Å²) in [5, 5.41) is 0.735. The van der Waals surface area contributed by atoms with Gasteiger partial charge in [-0.3, -0.25) is 9.59 Å². The highest BCUT2D eigenvalue weighted by Crippen LogP contribution is 2.61. The molecule has 0 saturated heterocycles. The number of hydrogen-bond acceptors (Lipinski definition) is 2. The molecule has 6 fully saturated rings. The molecule has 0 N–H and O–H groups in total. The van der Waals surface area contributed by atoms with Crippen molar-refractivity contribution in [3.63, 3.8) is 0 Å². The average Bonchev–Trinajstić information content (AvgIpc) is 3.29. The highest BCUT2D eigenvalue weighted by molar-refractivity contribution is 6.33. The van der Waals surface area contributed by atoms with Crippen molar-refractivity contribution < 1.29 is 9.59 Å². The van der Waals surface area contributed by atoms with Crippen LogP contribution in [0.15, 0.2) is 12.1 Å². The van der Waals surface area contributed by atoms with Gasteiger partial charge in [0.05, 0.1) is 0 Å². The van der Waals surface area contributed by atoms with Gasteiger partial charge in [-0.25, -0.2) is 0 Å². The quantitative estimate of drug-likeness (QED) is 0.571. The van der Waals surface area contributed by atoms with Crippen LogP contribution in [-0.4, -0.2) is 11.6 Å². The van der Waals surface area contributed by atoms with Gasteiger partial charge in [0.1, 0.15) is 11.6 Å². The Morgan fingerprint density at radius 1 is 0.759 bits per heavy atom. The fourth-order valence-electron chi connectivity index (χ4n) is 8.24. The Balaban J connectivity index is 1.49. The number of Topliss-reactive ketones (excluding diaryl/α,β-unsaturated/α-hetero) is 2. The van der Waals surface area contributed by atoms with Crippen LogP contribution in [0.3, 0.4) is 0 Å². The summed E-state index contributed by atoms with van der Waals surface area (Å²) in [6.45, 7) is 0. The summed E-state index contributed by atoms with van der Waals surface area (Å²) in [6.07, 6.45) is 13.3. The lowest BCUT2D eigenvalue weighted by Crippen LogP contribution is -2.48. The lowest BCUT2D eigenvalue weighted by atomic mass is 9.48. The number of ketones is 2. The van der Waals surface area contributed by atoms with Crippen molar-refractivity contribution in [3.8, 4) is 0 Å². The summed E-state index contributed by atoms with van der Waals surface area (Å²) >= 11 is 6.97. The minimum Gasteiger partial charge on any atom is -0.299 e. The van der Waals surface area contributed by atoms with Gasteiger partial charge < -0.3 is 0 Å². The first kappa shape index (κ1) is 18.6. The topological polar surface area (TPSA) is 34.1 Å². The highest BCUT2D eigenvalue weighted by Gasteiger charge is 2.52. The summed E-state index contributed by atoms with van der Waals surface area (Å²) in [7, 11) is 0. The largest absolute Gasteiger partial charge is 0.299 e. The molecule has 1 aromatic carbocycles. The Bertz CT molecular complexity index is 802. The molecule has 6 saturated carbocycles. The third-order valence-corrected chi connectivity index (χ3v) is 9.58. The average molecular weight is 411 g/mol. The number of carbonyl (C=O) groups excluding carboxylic acids is 2. The van der Waals surface area contributed by atoms with Crippen LogP contribution in [0.25, 0.3) is 0 Å². The fraction of sp³-hybridized carbons (Fsp3) is 0.692. The van der Waals surface area contributed by atoms with Gasteiger partial charge in [-0.2, -0.15) is 0 Å². The molecule has 0 radical (unpaired) electrons. The normalized spacial score (nSPS) is 40.9. The number of benzene rings is 1. The third kappa shape index (κ3) is 2.88. The van der Waals surface area contributed by atoms with Crippen molar-refractivity contribution in [2.75, 3.05) is 0 Å². The Morgan fingerprint density at radius 3 is 1.59 bits per heavy atom. The first-order valence-corrected chi connectivity index (χ1v) is 12.3. The fourth-order valence-corrected chi connectivity index (χ4v) is 8.61. The van der Waals surface area contributed by atoms with Crippen molar-refractivity contribution in [1.82, 2.24) is 0 Å². The minimum atomic E-state index is -0.0494. The summed E-state index contributed by atoms with van der Waals surface area (Å²) in [5.41, 5.74) is 3.80. The lowest BCUT2D eigenvalue weighted by molar-refractivity contribution is -0.119. The molecule has 7 rings (SSSR count). The van der Waals surface area contributed by atoms with Gasteiger partial charge in [0.15, 0.2) is 0 Å². The molecule has 154 valence electrons. The predicted octanol–water partition coefficient (Wildman–Crippen LogP) is 6.48. The van der Waals surface area contributed by atoms with Crippen molar-refractivity contribution >= 4 is 23.2 Å². The molecule has 2 unspecified atom stereocenters. The molecule has 2 atom stereocenters. The van der Waals surface area contributed by atoms with Gasteiger partial charge >= 0.3 is 0 Å². The molecule has 6 aliphatic rings. The van der Waals surface area contributed by atoms with E-state index in [2.05, 4.69) is 12.1 Å². The molecule has 0 aromatic heterocycles. The van der Waals surface area contributed by atoms with Gasteiger partial charge in [-0.15, -0.1) is 0 Å². The second kappa shape index (κ2) is 6.67. The zero-order chi connectivity index (χ0) is 19.8. The molecule has 6 aliphatic carbocycles. The molecular formula is C26H31ClO2. The van der Waals surface area contributed by atoms with E-state index in [1.54, 1.807) is 0 Å². The van der Waals surface area contributed by atoms with Crippen LogP contribution < -0.4 is 0 Å². The molecule has 2 nitrogen and oxygen atoms in total. The zero-order valence-electron chi connectivity index (χ0n) is 17.2. The summed E-state index contributed by atoms with van der Waals surface area (Å²) in [4.78, 5) is 25.3. The Hall–Kier alpha value is -1.15. The van der Waals surface area contributed by atoms with Crippen LogP contribution >= 0.6 is 11.6 Å². The van der Waals surface area contributed by atoms with Gasteiger partial charge in [0, 0.05) is 29.7 Å². The molecule has 0 aliphatic heterocycles. The first-order valence-electron chi connectivity index (χ1n) is 11.9. The van der Waals surface area contributed by atoms with Crippen LogP contribution in [0.1, 0.15) is 106 Å². The van der Waals surface area contributed by atoms with E-state index in [-0.39, 0.29) is 17.3 Å². The maximum atomic E-state index is 12.7. The van der Waals surface area contributed by atoms with E-state index in [0.29, 0.717) is 24.4 Å². The van der Waals surface area contributed by atoms with Gasteiger partial charge in [-0.05, 0) is 104 Å². The molecule has 1 aromatic rings. The van der Waals surface area contributed by atoms with Crippen LogP contribution in [0, 0.1) is 17.8 Å². The Labute approximate surface area is 178 Å². The minimum absolute atomic E-state index is 0.0494. The van der Waals surface area contributed by atoms with Gasteiger partial charge in [0.25, 0.3) is 0 Å². The molecule has 0 spiro atoms. The summed E-state index contributed by atoms with van der Waals surface area (Å²) in [6, 6.07) is 4.65. The predicted molar refractivity (Wildman–Crippen MR) is 115 cm³/mol. The number of hydrogen-bond donors (Lipinski definition) is 0. The van der Waals surface area contributed by atoms with Crippen LogP contribution in [-0.2, 0) is 15.0 Å². The van der Waals surface area contributed by atoms with E-state index < -0.39 is 0 Å². The highest BCUT2D eigenvalue weighted by atomic mass is 35.5. The number of carbonyl (C=O) groups is 2. The molecule has 0 amide bonds. The molecular weight excluding hydrogens is 380 g/mol. The lowest BCUT2D eigenvalue weighted by Gasteiger charge is -2.57. The maximum Gasteiger partial charge on any atom is 0.140 e. The molecule has 29 heavy (non-hydrogen) atoms. The van der Waals surface area contributed by atoms with Crippen molar-refractivity contribution in [1.29, 1.82) is 0 Å². The van der Waals surface area contributed by atoms with E-state index >= 15 is 0 Å². The second-order valence-electron chi connectivity index (χ2n) is 11.0. The van der Waals surface area contributed by atoms with Crippen molar-refractivity contribution in [2.45, 2.75) is 94.3 Å². The number of rotatable bonds is 3. The Morgan fingerprint density at radius 2 is 1.21 bits per heavy atom. The number of halogens is 1. The maximum absolute atomic E-state index is 12.7. The van der Waals surface area contributed by atoms with E-state index in [4.69, 9.17) is 11.6 Å². The van der Waals surface area contributed by atoms with Crippen LogP contribution in [0.4, 0.5) is 0 Å². The zero-order valence-corrected chi connectivity index (χ0v) is 18.0. The third-order valence-electron chi connectivity index (χ3n) is 9.14. The van der Waals surface area contributed by atoms with Crippen molar-refractivity contribution in [2.24, 2.45) is 17.8 Å². The second-order valence-corrected chi connectivity index (χ2v) is 11.4. The SMILES string of the molecule is O=C1CCCC1c1cc(C23CC4CC(CC(C4)C2)C3)cc(C2CCCC2=O)c1Cl. The summed E-state index contributed by atoms with van der Waals surface area (Å²) in [5.74, 6) is 3.23. The van der Waals surface area contributed by atoms with Gasteiger partial charge in [0.2, 0.25) is 0 Å². The van der Waals surface area contributed by atoms with Crippen molar-refractivity contribution in [3.05, 3.63) is 33.8 Å². The summed E-state index contributed by atoms with van der Waals surface area (Å²) < 4.78 is 0. The van der Waals surface area contributed by atoms with Crippen LogP contribution in [0.2, 0.25) is 5.02 Å². The Kier molecular flexibility index (Phi) is 4.28.